The molecular weight excluding hydrogens is 821 g/mol. The van der Waals surface area contributed by atoms with Gasteiger partial charge in [-0.25, -0.2) is 0 Å². The lowest BCUT2D eigenvalue weighted by molar-refractivity contribution is -0.258. The lowest BCUT2D eigenvalue weighted by Gasteiger charge is -2.60. The van der Waals surface area contributed by atoms with E-state index in [0.29, 0.717) is 37.2 Å². The summed E-state index contributed by atoms with van der Waals surface area (Å²) in [6, 6.07) is 19.8. The molecule has 1 saturated carbocycles. The minimum atomic E-state index is -1.36. The summed E-state index contributed by atoms with van der Waals surface area (Å²) in [6.45, 7) is 7.26. The molecule has 0 radical (unpaired) electrons. The van der Waals surface area contributed by atoms with E-state index in [4.69, 9.17) is 28.9 Å². The molecule has 65 heavy (non-hydrogen) atoms. The molecule has 3 N–H and O–H groups in total. The highest BCUT2D eigenvalue weighted by atomic mass is 16.7. The number of unbranched alkanes of at least 4 members (excludes halogenated alkanes) is 10. The lowest BCUT2D eigenvalue weighted by Crippen LogP contribution is -2.70. The Morgan fingerprint density at radius 3 is 2.28 bits per heavy atom. The predicted molar refractivity (Wildman–Crippen MR) is 257 cm³/mol. The van der Waals surface area contributed by atoms with E-state index in [1.54, 1.807) is 13.2 Å². The van der Waals surface area contributed by atoms with E-state index in [-0.39, 0.29) is 69.8 Å². The van der Waals surface area contributed by atoms with Crippen molar-refractivity contribution in [3.63, 3.8) is 0 Å². The van der Waals surface area contributed by atoms with Crippen LogP contribution in [0.25, 0.3) is 10.8 Å². The van der Waals surface area contributed by atoms with Crippen LogP contribution in [0, 0.1) is 17.8 Å². The monoisotopic (exact) mass is 897 g/mol. The Labute approximate surface area is 387 Å². The van der Waals surface area contributed by atoms with E-state index in [0.717, 1.165) is 78.3 Å². The fourth-order valence-electron chi connectivity index (χ4n) is 10.7. The van der Waals surface area contributed by atoms with E-state index >= 15 is 0 Å². The number of carbonyl (C=O) groups excluding carboxylic acids is 1. The van der Waals surface area contributed by atoms with Gasteiger partial charge in [0.1, 0.15) is 30.4 Å². The Morgan fingerprint density at radius 2 is 1.55 bits per heavy atom. The molecular formula is C54H76N2O9. The molecule has 6 rings (SSSR count). The Hall–Kier alpha value is -4.26. The van der Waals surface area contributed by atoms with Crippen LogP contribution in [-0.4, -0.2) is 97.0 Å². The second kappa shape index (κ2) is 26.2. The van der Waals surface area contributed by atoms with Gasteiger partial charge in [-0.2, -0.15) is 0 Å². The fraction of sp³-hybridized carbons (Fsp3) is 0.593. The number of amides is 1. The normalized spacial score (nSPS) is 22.8. The first-order valence-electron chi connectivity index (χ1n) is 24.7. The number of hydrogen-bond donors (Lipinski definition) is 3. The zero-order valence-electron chi connectivity index (χ0n) is 39.2. The van der Waals surface area contributed by atoms with Crippen LogP contribution in [0.15, 0.2) is 90.1 Å². The van der Waals surface area contributed by atoms with Crippen LogP contribution in [-0.2, 0) is 19.1 Å². The number of nitrogens with zero attached hydrogens (tertiary/aromatic N) is 2. The highest BCUT2D eigenvalue weighted by molar-refractivity contribution is 6.03. The number of aliphatic hydroxyl groups is 3. The number of ether oxygens (including phenoxy) is 4. The van der Waals surface area contributed by atoms with Crippen LogP contribution < -0.4 is 9.47 Å². The number of allylic oxidation sites excluding steroid dienone is 1. The minimum Gasteiger partial charge on any atom is -0.459 e. The van der Waals surface area contributed by atoms with Crippen molar-refractivity contribution in [2.75, 3.05) is 53.3 Å². The molecule has 0 spiro atoms. The van der Waals surface area contributed by atoms with Crippen molar-refractivity contribution in [1.29, 1.82) is 0 Å². The summed E-state index contributed by atoms with van der Waals surface area (Å²) in [7, 11) is 1.56. The predicted octanol–water partition coefficient (Wildman–Crippen LogP) is 10.7. The first kappa shape index (κ1) is 50.2. The van der Waals surface area contributed by atoms with Crippen LogP contribution in [0.1, 0.15) is 128 Å². The zero-order valence-corrected chi connectivity index (χ0v) is 39.2. The zero-order chi connectivity index (χ0) is 45.9. The van der Waals surface area contributed by atoms with Crippen molar-refractivity contribution < 1.29 is 43.9 Å². The Morgan fingerprint density at radius 1 is 0.846 bits per heavy atom. The largest absolute Gasteiger partial charge is 0.459 e. The molecule has 0 unspecified atom stereocenters. The molecule has 0 aromatic heterocycles. The summed E-state index contributed by atoms with van der Waals surface area (Å²) in [5, 5.41) is 36.5. The molecule has 0 saturated heterocycles. The number of oxime groups is 1. The van der Waals surface area contributed by atoms with Crippen molar-refractivity contribution in [3.05, 3.63) is 90.5 Å². The minimum absolute atomic E-state index is 0.00131. The maximum absolute atomic E-state index is 14.8. The van der Waals surface area contributed by atoms with Gasteiger partial charge in [-0.3, -0.25) is 4.79 Å². The van der Waals surface area contributed by atoms with Gasteiger partial charge < -0.3 is 44.0 Å². The fourth-order valence-corrected chi connectivity index (χ4v) is 10.7. The summed E-state index contributed by atoms with van der Waals surface area (Å²) in [4.78, 5) is 22.4. The third-order valence-corrected chi connectivity index (χ3v) is 13.7. The molecule has 3 aliphatic rings. The van der Waals surface area contributed by atoms with Crippen molar-refractivity contribution >= 4 is 22.4 Å². The van der Waals surface area contributed by atoms with E-state index in [2.05, 4.69) is 49.9 Å². The quantitative estimate of drug-likeness (QED) is 0.0339. The first-order chi connectivity index (χ1) is 31.9. The Bertz CT molecular complexity index is 2000. The van der Waals surface area contributed by atoms with Gasteiger partial charge in [0.25, 0.3) is 0 Å². The first-order valence-corrected chi connectivity index (χ1v) is 24.7. The van der Waals surface area contributed by atoms with Crippen molar-refractivity contribution in [1.82, 2.24) is 4.90 Å². The number of fused-ring (bicyclic) bond motifs is 3. The van der Waals surface area contributed by atoms with Gasteiger partial charge >= 0.3 is 0 Å². The number of carbonyl (C=O) groups is 1. The average Bonchev–Trinajstić information content (AvgIpc) is 3.32. The molecule has 11 heteroatoms. The van der Waals surface area contributed by atoms with Crippen molar-refractivity contribution in [3.8, 4) is 17.2 Å². The molecule has 3 aromatic carbocycles. The molecule has 11 nitrogen and oxygen atoms in total. The van der Waals surface area contributed by atoms with Crippen LogP contribution >= 0.6 is 0 Å². The van der Waals surface area contributed by atoms with Gasteiger partial charge in [0.2, 0.25) is 11.7 Å². The van der Waals surface area contributed by atoms with Gasteiger partial charge in [0.05, 0.1) is 38.1 Å². The molecule has 6 atom stereocenters. The van der Waals surface area contributed by atoms with Gasteiger partial charge in [0, 0.05) is 44.1 Å². The highest BCUT2D eigenvalue weighted by Crippen LogP contribution is 2.62. The maximum atomic E-state index is 14.8. The van der Waals surface area contributed by atoms with E-state index in [9.17, 15) is 20.1 Å². The molecule has 0 bridgehead atoms. The summed E-state index contributed by atoms with van der Waals surface area (Å²) >= 11 is 0. The Kier molecular flexibility index (Phi) is 20.2. The third-order valence-electron chi connectivity index (χ3n) is 13.7. The van der Waals surface area contributed by atoms with Crippen LogP contribution in [0.2, 0.25) is 0 Å². The van der Waals surface area contributed by atoms with Crippen LogP contribution in [0.3, 0.4) is 0 Å². The van der Waals surface area contributed by atoms with E-state index in [1.807, 2.05) is 35.2 Å². The summed E-state index contributed by atoms with van der Waals surface area (Å²) in [5.41, 5.74) is 2.73. The second-order valence-electron chi connectivity index (χ2n) is 18.1. The number of rotatable bonds is 30. The number of aliphatic hydroxyl groups excluding tert-OH is 3. The molecule has 1 amide bonds. The third kappa shape index (κ3) is 12.8. The summed E-state index contributed by atoms with van der Waals surface area (Å²) in [5.74, 6) is 0.316. The van der Waals surface area contributed by atoms with Crippen LogP contribution in [0.5, 0.6) is 17.2 Å². The molecule has 356 valence electrons. The van der Waals surface area contributed by atoms with E-state index in [1.165, 1.54) is 38.5 Å². The Balaban J connectivity index is 1.45. The number of benzene rings is 3. The smallest absolute Gasteiger partial charge is 0.239 e. The summed E-state index contributed by atoms with van der Waals surface area (Å²) in [6.07, 6.45) is 19.8. The molecule has 1 aliphatic heterocycles. The lowest BCUT2D eigenvalue weighted by atomic mass is 9.55. The van der Waals surface area contributed by atoms with Crippen molar-refractivity contribution in [2.24, 2.45) is 22.9 Å². The highest BCUT2D eigenvalue weighted by Gasteiger charge is 2.65. The summed E-state index contributed by atoms with van der Waals surface area (Å²) < 4.78 is 27.1. The molecule has 1 heterocycles. The van der Waals surface area contributed by atoms with Gasteiger partial charge in [-0.05, 0) is 90.6 Å². The number of hydrogen-bond acceptors (Lipinski definition) is 10. The standard InChI is InChI=1S/C54H76N2O9/c1-4-6-7-8-9-10-11-12-13-24-51(60)56(29-34-62-35-32-59)50-39-48(55-61-3)46-37-42(22-16-18-30-57)45(23-17-19-31-58)52-47-38-44(64-43-26-25-40-20-14-15-21-41(40)36-43)27-28-49(47)65-54(50,53(46)52)63-33-5-2/h5,14-15,20-21,25-28,36-38,42,45,50,52-53,57-59H,2,4,6-13,16-19,22-24,29-35,39H2,1,3H3/t42-,45+,50-,52+,53+,54+/m0/s1. The molecule has 1 fully saturated rings. The second-order valence-corrected chi connectivity index (χ2v) is 18.1. The molecule has 3 aromatic rings. The van der Waals surface area contributed by atoms with Gasteiger partial charge in [0.15, 0.2) is 0 Å². The van der Waals surface area contributed by atoms with Gasteiger partial charge in [-0.15, -0.1) is 6.58 Å². The maximum Gasteiger partial charge on any atom is 0.239 e. The SMILES string of the molecule is C=CCO[C@@]12Oc3ccc(Oc4ccc5ccccc5c4)cc3[C@H]3[C@H](CCCCO)[C@@H](CCCCO)C=C(C(=NOC)C[C@@H]1N(CCOCCO)C(=O)CCCCCCCCCCC)[C@H]32. The average molecular weight is 897 g/mol. The van der Waals surface area contributed by atoms with E-state index < -0.39 is 17.7 Å². The van der Waals surface area contributed by atoms with Crippen molar-refractivity contribution in [2.45, 2.75) is 134 Å². The van der Waals surface area contributed by atoms with Gasteiger partial charge in [-0.1, -0.05) is 119 Å². The van der Waals surface area contributed by atoms with Crippen LogP contribution in [0.4, 0.5) is 0 Å². The molecule has 2 aliphatic carbocycles. The topological polar surface area (TPSA) is 140 Å².